The molecule has 3 rings (SSSR count). The van der Waals surface area contributed by atoms with E-state index in [0.29, 0.717) is 12.0 Å². The molecular weight excluding hydrogens is 314 g/mol. The molecule has 0 spiro atoms. The van der Waals surface area contributed by atoms with E-state index in [9.17, 15) is 15.0 Å². The van der Waals surface area contributed by atoms with E-state index in [1.165, 1.54) is 6.20 Å². The van der Waals surface area contributed by atoms with Crippen LogP contribution in [0.3, 0.4) is 0 Å². The third kappa shape index (κ3) is 3.04. The van der Waals surface area contributed by atoms with E-state index in [1.807, 2.05) is 30.3 Å². The molecular formula is C16H19N3O5. The van der Waals surface area contributed by atoms with Crippen LogP contribution < -0.4 is 11.4 Å². The van der Waals surface area contributed by atoms with Crippen molar-refractivity contribution in [2.24, 2.45) is 0 Å². The van der Waals surface area contributed by atoms with Gasteiger partial charge < -0.3 is 25.8 Å². The summed E-state index contributed by atoms with van der Waals surface area (Å²) >= 11 is 0. The summed E-state index contributed by atoms with van der Waals surface area (Å²) in [5, 5.41) is 29.1. The molecule has 1 aliphatic rings. The molecule has 2 heterocycles. The van der Waals surface area contributed by atoms with E-state index in [0.717, 1.165) is 10.1 Å². The number of nitrogens with zero attached hydrogens (tertiary/aromatic N) is 2. The maximum atomic E-state index is 12.1. The highest BCUT2D eigenvalue weighted by Crippen LogP contribution is 2.28. The van der Waals surface area contributed by atoms with Crippen LogP contribution in [0.1, 0.15) is 17.4 Å². The monoisotopic (exact) mass is 333 g/mol. The van der Waals surface area contributed by atoms with Crippen LogP contribution in [-0.4, -0.2) is 49.8 Å². The predicted molar refractivity (Wildman–Crippen MR) is 85.2 cm³/mol. The lowest BCUT2D eigenvalue weighted by Crippen LogP contribution is -2.36. The fourth-order valence-electron chi connectivity index (χ4n) is 2.77. The number of aliphatic hydroxyl groups is 3. The highest BCUT2D eigenvalue weighted by Gasteiger charge is 2.43. The van der Waals surface area contributed by atoms with Crippen molar-refractivity contribution in [3.63, 3.8) is 0 Å². The summed E-state index contributed by atoms with van der Waals surface area (Å²) in [6.07, 6.45) is -2.82. The Kier molecular flexibility index (Phi) is 4.63. The van der Waals surface area contributed by atoms with Gasteiger partial charge in [0.25, 0.3) is 0 Å². The lowest BCUT2D eigenvalue weighted by atomic mass is 10.1. The number of hydrogen-bond acceptors (Lipinski definition) is 7. The van der Waals surface area contributed by atoms with Crippen LogP contribution in [0.25, 0.3) is 0 Å². The molecule has 1 aromatic heterocycles. The molecule has 8 nitrogen and oxygen atoms in total. The second-order valence-electron chi connectivity index (χ2n) is 5.73. The molecule has 5 N–H and O–H groups in total. The van der Waals surface area contributed by atoms with Crippen molar-refractivity contribution in [3.8, 4) is 0 Å². The average molecular weight is 333 g/mol. The zero-order valence-electron chi connectivity index (χ0n) is 12.8. The van der Waals surface area contributed by atoms with E-state index in [4.69, 9.17) is 15.6 Å². The Morgan fingerprint density at radius 3 is 2.54 bits per heavy atom. The van der Waals surface area contributed by atoms with Crippen LogP contribution in [0.5, 0.6) is 0 Å². The summed E-state index contributed by atoms with van der Waals surface area (Å²) < 4.78 is 6.47. The summed E-state index contributed by atoms with van der Waals surface area (Å²) in [7, 11) is 0. The number of aromatic nitrogens is 2. The Balaban J connectivity index is 1.94. The molecule has 0 unspecified atom stereocenters. The van der Waals surface area contributed by atoms with Gasteiger partial charge in [-0.15, -0.1) is 0 Å². The van der Waals surface area contributed by atoms with Gasteiger partial charge in [-0.1, -0.05) is 30.3 Å². The molecule has 0 aliphatic carbocycles. The SMILES string of the molecule is Nc1nc(=O)n([C@@H]2O[C@H](CO)[C@@H](O)[C@H]2O)cc1Cc1ccccc1. The van der Waals surface area contributed by atoms with Crippen LogP contribution in [0, 0.1) is 0 Å². The first-order chi connectivity index (χ1) is 11.5. The van der Waals surface area contributed by atoms with Crippen molar-refractivity contribution >= 4 is 5.82 Å². The molecule has 0 saturated carbocycles. The maximum Gasteiger partial charge on any atom is 0.351 e. The number of anilines is 1. The Morgan fingerprint density at radius 1 is 1.21 bits per heavy atom. The van der Waals surface area contributed by atoms with Gasteiger partial charge in [0.15, 0.2) is 6.23 Å². The third-order valence-corrected chi connectivity index (χ3v) is 4.09. The molecule has 8 heteroatoms. The zero-order chi connectivity index (χ0) is 17.3. The molecule has 4 atom stereocenters. The van der Waals surface area contributed by atoms with Gasteiger partial charge in [-0.2, -0.15) is 4.98 Å². The predicted octanol–water partition coefficient (Wildman–Crippen LogP) is -0.972. The van der Waals surface area contributed by atoms with Gasteiger partial charge in [-0.05, 0) is 5.56 Å². The molecule has 0 radical (unpaired) electrons. The van der Waals surface area contributed by atoms with Crippen molar-refractivity contribution in [1.29, 1.82) is 0 Å². The van der Waals surface area contributed by atoms with E-state index in [2.05, 4.69) is 4.98 Å². The number of aliphatic hydroxyl groups excluding tert-OH is 3. The number of nitrogens with two attached hydrogens (primary N) is 1. The Morgan fingerprint density at radius 2 is 1.92 bits per heavy atom. The van der Waals surface area contributed by atoms with E-state index < -0.39 is 36.8 Å². The fraction of sp³-hybridized carbons (Fsp3) is 0.375. The van der Waals surface area contributed by atoms with Crippen molar-refractivity contribution in [3.05, 3.63) is 58.1 Å². The van der Waals surface area contributed by atoms with Crippen molar-refractivity contribution < 1.29 is 20.1 Å². The third-order valence-electron chi connectivity index (χ3n) is 4.09. The minimum absolute atomic E-state index is 0.104. The molecule has 1 fully saturated rings. The summed E-state index contributed by atoms with van der Waals surface area (Å²) in [5.74, 6) is 0.104. The molecule has 128 valence electrons. The van der Waals surface area contributed by atoms with Crippen LogP contribution in [0.15, 0.2) is 41.3 Å². The zero-order valence-corrected chi connectivity index (χ0v) is 12.8. The summed E-state index contributed by atoms with van der Waals surface area (Å²) in [6, 6.07) is 9.51. The van der Waals surface area contributed by atoms with Crippen molar-refractivity contribution in [2.75, 3.05) is 12.3 Å². The number of hydrogen-bond donors (Lipinski definition) is 4. The number of rotatable bonds is 4. The molecule has 0 amide bonds. The Labute approximate surface area is 137 Å². The van der Waals surface area contributed by atoms with Gasteiger partial charge in [0, 0.05) is 18.2 Å². The first-order valence-corrected chi connectivity index (χ1v) is 7.55. The molecule has 1 saturated heterocycles. The summed E-state index contributed by atoms with van der Waals surface area (Å²) in [4.78, 5) is 15.9. The smallest absolute Gasteiger partial charge is 0.351 e. The van der Waals surface area contributed by atoms with Gasteiger partial charge >= 0.3 is 5.69 Å². The molecule has 1 aromatic carbocycles. The quantitative estimate of drug-likeness (QED) is 0.566. The largest absolute Gasteiger partial charge is 0.394 e. The van der Waals surface area contributed by atoms with Crippen LogP contribution in [0.4, 0.5) is 5.82 Å². The summed E-state index contributed by atoms with van der Waals surface area (Å²) in [6.45, 7) is -0.469. The van der Waals surface area contributed by atoms with Gasteiger partial charge in [0.2, 0.25) is 0 Å². The Bertz CT molecular complexity index is 764. The lowest BCUT2D eigenvalue weighted by molar-refractivity contribution is -0.0550. The van der Waals surface area contributed by atoms with Crippen LogP contribution in [0.2, 0.25) is 0 Å². The van der Waals surface area contributed by atoms with Crippen molar-refractivity contribution in [2.45, 2.75) is 31.0 Å². The number of ether oxygens (including phenoxy) is 1. The molecule has 24 heavy (non-hydrogen) atoms. The first kappa shape index (κ1) is 16.6. The highest BCUT2D eigenvalue weighted by molar-refractivity contribution is 5.40. The van der Waals surface area contributed by atoms with Gasteiger partial charge in [0.1, 0.15) is 24.1 Å². The molecule has 2 aromatic rings. The topological polar surface area (TPSA) is 131 Å². The maximum absolute atomic E-state index is 12.1. The van der Waals surface area contributed by atoms with Crippen LogP contribution >= 0.6 is 0 Å². The second-order valence-corrected chi connectivity index (χ2v) is 5.73. The average Bonchev–Trinajstić information content (AvgIpc) is 2.86. The van der Waals surface area contributed by atoms with Gasteiger partial charge in [-0.25, -0.2) is 4.79 Å². The molecule has 1 aliphatic heterocycles. The van der Waals surface area contributed by atoms with E-state index in [-0.39, 0.29) is 5.82 Å². The normalized spacial score (nSPS) is 26.6. The standard InChI is InChI=1S/C16H19N3O5/c17-14-10(6-9-4-2-1-3-5-9)7-19(16(23)18-14)15-13(22)12(21)11(8-20)24-15/h1-5,7,11-13,15,20-22H,6,8H2,(H2,17,18,23)/t11-,12-,13-,15-/m1/s1. The van der Waals surface area contributed by atoms with Crippen molar-refractivity contribution in [1.82, 2.24) is 9.55 Å². The highest BCUT2D eigenvalue weighted by atomic mass is 16.6. The second kappa shape index (κ2) is 6.70. The minimum atomic E-state index is -1.35. The van der Waals surface area contributed by atoms with E-state index in [1.54, 1.807) is 0 Å². The lowest BCUT2D eigenvalue weighted by Gasteiger charge is -2.18. The van der Waals surface area contributed by atoms with Gasteiger partial charge in [0.05, 0.1) is 6.61 Å². The fourth-order valence-corrected chi connectivity index (χ4v) is 2.77. The van der Waals surface area contributed by atoms with Crippen LogP contribution in [-0.2, 0) is 11.2 Å². The van der Waals surface area contributed by atoms with Gasteiger partial charge in [-0.3, -0.25) is 4.57 Å². The number of benzene rings is 1. The van der Waals surface area contributed by atoms with E-state index >= 15 is 0 Å². The minimum Gasteiger partial charge on any atom is -0.394 e. The first-order valence-electron chi connectivity index (χ1n) is 7.55. The summed E-state index contributed by atoms with van der Waals surface area (Å²) in [5.41, 5.74) is 6.72. The Hall–Kier alpha value is -2.26. The number of nitrogen functional groups attached to an aromatic ring is 1. The molecule has 0 bridgehead atoms.